The molecule has 0 atom stereocenters. The van der Waals surface area contributed by atoms with Crippen molar-refractivity contribution in [1.29, 1.82) is 5.26 Å². The molecule has 0 fully saturated rings. The molecule has 0 aliphatic rings. The molecule has 2 N–H and O–H groups in total. The molecule has 0 bridgehead atoms. The fourth-order valence-corrected chi connectivity index (χ4v) is 1.32. The van der Waals surface area contributed by atoms with E-state index in [0.717, 1.165) is 0 Å². The number of nitrogens with one attached hydrogen (secondary N) is 2. The second kappa shape index (κ2) is 7.25. The standard InChI is InChI=1S/C12H14FN3O2/c1-18-6-5-15-12(17)8-16-11-4-2-3-10(13)9(11)7-14/h2-4,16H,5-6,8H2,1H3,(H,15,17). The lowest BCUT2D eigenvalue weighted by Gasteiger charge is -2.09. The second-order valence-electron chi connectivity index (χ2n) is 3.47. The lowest BCUT2D eigenvalue weighted by atomic mass is 10.2. The molecule has 0 aliphatic carbocycles. The van der Waals surface area contributed by atoms with Gasteiger partial charge >= 0.3 is 0 Å². The Labute approximate surface area is 105 Å². The van der Waals surface area contributed by atoms with Crippen LogP contribution in [0.4, 0.5) is 10.1 Å². The average molecular weight is 251 g/mol. The van der Waals surface area contributed by atoms with Gasteiger partial charge in [-0.1, -0.05) is 6.07 Å². The van der Waals surface area contributed by atoms with Gasteiger partial charge in [0.05, 0.1) is 18.8 Å². The smallest absolute Gasteiger partial charge is 0.239 e. The maximum atomic E-state index is 13.2. The number of carbonyl (C=O) groups is 1. The zero-order valence-electron chi connectivity index (χ0n) is 10.00. The normalized spacial score (nSPS) is 9.61. The number of halogens is 1. The molecule has 0 saturated carbocycles. The van der Waals surface area contributed by atoms with Crippen LogP contribution in [0.5, 0.6) is 0 Å². The van der Waals surface area contributed by atoms with Gasteiger partial charge in [-0.15, -0.1) is 0 Å². The summed E-state index contributed by atoms with van der Waals surface area (Å²) >= 11 is 0. The van der Waals surface area contributed by atoms with Crippen molar-refractivity contribution in [2.75, 3.05) is 32.1 Å². The first kappa shape index (κ1) is 13.9. The van der Waals surface area contributed by atoms with Gasteiger partial charge in [-0.2, -0.15) is 5.26 Å². The molecule has 6 heteroatoms. The lowest BCUT2D eigenvalue weighted by Crippen LogP contribution is -2.32. The Hall–Kier alpha value is -2.13. The number of carbonyl (C=O) groups excluding carboxylic acids is 1. The van der Waals surface area contributed by atoms with E-state index in [1.807, 2.05) is 0 Å². The molecule has 0 heterocycles. The van der Waals surface area contributed by atoms with E-state index in [9.17, 15) is 9.18 Å². The minimum absolute atomic E-state index is 0.0259. The van der Waals surface area contributed by atoms with E-state index < -0.39 is 5.82 Å². The molecule has 0 aliphatic heterocycles. The zero-order chi connectivity index (χ0) is 13.4. The third-order valence-corrected chi connectivity index (χ3v) is 2.19. The van der Waals surface area contributed by atoms with Crippen molar-refractivity contribution in [2.24, 2.45) is 0 Å². The van der Waals surface area contributed by atoms with Gasteiger partial charge in [-0.25, -0.2) is 4.39 Å². The van der Waals surface area contributed by atoms with Gasteiger partial charge < -0.3 is 15.4 Å². The first-order valence-electron chi connectivity index (χ1n) is 5.37. The molecular formula is C12H14FN3O2. The fourth-order valence-electron chi connectivity index (χ4n) is 1.32. The van der Waals surface area contributed by atoms with Crippen LogP contribution in [-0.4, -0.2) is 32.7 Å². The number of anilines is 1. The number of ether oxygens (including phenoxy) is 1. The van der Waals surface area contributed by atoms with E-state index in [-0.39, 0.29) is 18.0 Å². The molecular weight excluding hydrogens is 237 g/mol. The Balaban J connectivity index is 2.51. The summed E-state index contributed by atoms with van der Waals surface area (Å²) in [6.07, 6.45) is 0. The Morgan fingerprint density at radius 1 is 1.56 bits per heavy atom. The van der Waals surface area contributed by atoms with Gasteiger partial charge in [0, 0.05) is 13.7 Å². The van der Waals surface area contributed by atoms with E-state index in [1.165, 1.54) is 19.2 Å². The van der Waals surface area contributed by atoms with Crippen molar-refractivity contribution in [3.8, 4) is 6.07 Å². The number of nitrogens with zero attached hydrogens (tertiary/aromatic N) is 1. The Morgan fingerprint density at radius 3 is 3.00 bits per heavy atom. The summed E-state index contributed by atoms with van der Waals surface area (Å²) in [6.45, 7) is 0.808. The summed E-state index contributed by atoms with van der Waals surface area (Å²) in [7, 11) is 1.54. The largest absolute Gasteiger partial charge is 0.383 e. The summed E-state index contributed by atoms with van der Waals surface area (Å²) in [5.74, 6) is -0.859. The molecule has 0 spiro atoms. The first-order valence-corrected chi connectivity index (χ1v) is 5.37. The third kappa shape index (κ3) is 4.03. The van der Waals surface area contributed by atoms with Gasteiger partial charge in [-0.05, 0) is 12.1 Å². The van der Waals surface area contributed by atoms with Crippen molar-refractivity contribution in [1.82, 2.24) is 5.32 Å². The van der Waals surface area contributed by atoms with Gasteiger partial charge in [-0.3, -0.25) is 4.79 Å². The zero-order valence-corrected chi connectivity index (χ0v) is 10.00. The number of rotatable bonds is 6. The molecule has 1 rings (SSSR count). The van der Waals surface area contributed by atoms with Gasteiger partial charge in [0.2, 0.25) is 5.91 Å². The lowest BCUT2D eigenvalue weighted by molar-refractivity contribution is -0.119. The minimum Gasteiger partial charge on any atom is -0.383 e. The van der Waals surface area contributed by atoms with Crippen molar-refractivity contribution in [3.05, 3.63) is 29.6 Å². The summed E-state index contributed by atoms with van der Waals surface area (Å²) in [6, 6.07) is 5.97. The Kier molecular flexibility index (Phi) is 5.61. The molecule has 18 heavy (non-hydrogen) atoms. The van der Waals surface area contributed by atoms with Crippen molar-refractivity contribution < 1.29 is 13.9 Å². The SMILES string of the molecule is COCCNC(=O)CNc1cccc(F)c1C#N. The van der Waals surface area contributed by atoms with Gasteiger partial charge in [0.25, 0.3) is 0 Å². The number of hydrogen-bond donors (Lipinski definition) is 2. The molecule has 0 radical (unpaired) electrons. The molecule has 1 aromatic carbocycles. The summed E-state index contributed by atoms with van der Waals surface area (Å²) in [5, 5.41) is 14.1. The quantitative estimate of drug-likeness (QED) is 0.736. The van der Waals surface area contributed by atoms with Crippen LogP contribution in [0.2, 0.25) is 0 Å². The maximum Gasteiger partial charge on any atom is 0.239 e. The molecule has 96 valence electrons. The summed E-state index contributed by atoms with van der Waals surface area (Å²) in [4.78, 5) is 11.4. The second-order valence-corrected chi connectivity index (χ2v) is 3.47. The molecule has 0 saturated heterocycles. The van der Waals surface area contributed by atoms with Gasteiger partial charge in [0.1, 0.15) is 17.4 Å². The van der Waals surface area contributed by atoms with Crippen LogP contribution in [0.15, 0.2) is 18.2 Å². The van der Waals surface area contributed by atoms with Gasteiger partial charge in [0.15, 0.2) is 0 Å². The molecule has 1 amide bonds. The van der Waals surface area contributed by atoms with Crippen LogP contribution in [0.1, 0.15) is 5.56 Å². The van der Waals surface area contributed by atoms with Crippen molar-refractivity contribution >= 4 is 11.6 Å². The molecule has 1 aromatic rings. The van der Waals surface area contributed by atoms with Crippen LogP contribution in [-0.2, 0) is 9.53 Å². The van der Waals surface area contributed by atoms with E-state index in [2.05, 4.69) is 10.6 Å². The van der Waals surface area contributed by atoms with Crippen molar-refractivity contribution in [2.45, 2.75) is 0 Å². The Morgan fingerprint density at radius 2 is 2.33 bits per heavy atom. The van der Waals surface area contributed by atoms with Crippen LogP contribution < -0.4 is 10.6 Å². The molecule has 5 nitrogen and oxygen atoms in total. The minimum atomic E-state index is -0.609. The topological polar surface area (TPSA) is 74.2 Å². The summed E-state index contributed by atoms with van der Waals surface area (Å²) < 4.78 is 18.0. The first-order chi connectivity index (χ1) is 8.69. The highest BCUT2D eigenvalue weighted by molar-refractivity contribution is 5.81. The summed E-state index contributed by atoms with van der Waals surface area (Å²) in [5.41, 5.74) is 0.210. The highest BCUT2D eigenvalue weighted by atomic mass is 19.1. The number of nitriles is 1. The van der Waals surface area contributed by atoms with E-state index >= 15 is 0 Å². The monoisotopic (exact) mass is 251 g/mol. The number of hydrogen-bond acceptors (Lipinski definition) is 4. The number of methoxy groups -OCH3 is 1. The van der Waals surface area contributed by atoms with Crippen LogP contribution in [0, 0.1) is 17.1 Å². The predicted molar refractivity (Wildman–Crippen MR) is 64.5 cm³/mol. The number of amides is 1. The predicted octanol–water partition coefficient (Wildman–Crippen LogP) is 0.872. The van der Waals surface area contributed by atoms with Crippen molar-refractivity contribution in [3.63, 3.8) is 0 Å². The Bertz CT molecular complexity index is 457. The van der Waals surface area contributed by atoms with Crippen LogP contribution in [0.25, 0.3) is 0 Å². The fraction of sp³-hybridized carbons (Fsp3) is 0.333. The molecule has 0 aromatic heterocycles. The number of benzene rings is 1. The van der Waals surface area contributed by atoms with Crippen LogP contribution >= 0.6 is 0 Å². The van der Waals surface area contributed by atoms with E-state index in [0.29, 0.717) is 18.8 Å². The highest BCUT2D eigenvalue weighted by Gasteiger charge is 2.08. The average Bonchev–Trinajstić information content (AvgIpc) is 2.36. The van der Waals surface area contributed by atoms with E-state index in [4.69, 9.17) is 10.00 Å². The maximum absolute atomic E-state index is 13.2. The molecule has 0 unspecified atom stereocenters. The third-order valence-electron chi connectivity index (χ3n) is 2.19. The van der Waals surface area contributed by atoms with E-state index in [1.54, 1.807) is 12.1 Å². The highest BCUT2D eigenvalue weighted by Crippen LogP contribution is 2.17. The van der Waals surface area contributed by atoms with Crippen LogP contribution in [0.3, 0.4) is 0 Å².